The van der Waals surface area contributed by atoms with Gasteiger partial charge in [0.1, 0.15) is 12.3 Å². The molecule has 2 heterocycles. The molecular weight excluding hydrogens is 460 g/mol. The first-order valence-corrected chi connectivity index (χ1v) is 11.5. The first-order valence-electron chi connectivity index (χ1n) is 11.5. The van der Waals surface area contributed by atoms with Gasteiger partial charge in [-0.25, -0.2) is 0 Å². The average molecular weight is 485 g/mol. The van der Waals surface area contributed by atoms with Crippen molar-refractivity contribution in [1.29, 1.82) is 0 Å². The molecule has 8 heteroatoms. The quantitative estimate of drug-likeness (QED) is 0.396. The van der Waals surface area contributed by atoms with Crippen LogP contribution in [-0.2, 0) is 17.8 Å². The fourth-order valence-electron chi connectivity index (χ4n) is 4.18. The van der Waals surface area contributed by atoms with Gasteiger partial charge < -0.3 is 24.1 Å². The molecule has 1 aliphatic rings. The number of carbonyl (C=O) groups is 2. The maximum atomic E-state index is 13.4. The number of aromatic nitrogens is 1. The molecule has 0 saturated heterocycles. The Hall–Kier alpha value is -4.59. The van der Waals surface area contributed by atoms with E-state index in [1.54, 1.807) is 60.2 Å². The van der Waals surface area contributed by atoms with Gasteiger partial charge >= 0.3 is 0 Å². The second-order valence-corrected chi connectivity index (χ2v) is 8.38. The Morgan fingerprint density at radius 1 is 1.03 bits per heavy atom. The predicted octanol–water partition coefficient (Wildman–Crippen LogP) is 4.17. The number of nitrogens with zero attached hydrogens (tertiary/aromatic N) is 1. The molecule has 5 rings (SSSR count). The average Bonchev–Trinajstić information content (AvgIpc) is 3.37. The van der Waals surface area contributed by atoms with Crippen molar-refractivity contribution in [1.82, 2.24) is 4.57 Å². The molecule has 0 spiro atoms. The second-order valence-electron chi connectivity index (χ2n) is 8.38. The van der Waals surface area contributed by atoms with Crippen LogP contribution in [0.1, 0.15) is 28.4 Å². The van der Waals surface area contributed by atoms with E-state index in [9.17, 15) is 14.4 Å². The molecule has 36 heavy (non-hydrogen) atoms. The number of ether oxygens (including phenoxy) is 3. The zero-order valence-electron chi connectivity index (χ0n) is 19.9. The van der Waals surface area contributed by atoms with Crippen LogP contribution in [0.25, 0.3) is 10.9 Å². The molecule has 3 aromatic carbocycles. The fraction of sp³-hybridized carbons (Fsp3) is 0.179. The van der Waals surface area contributed by atoms with Gasteiger partial charge in [-0.1, -0.05) is 37.3 Å². The normalized spacial score (nSPS) is 11.9. The van der Waals surface area contributed by atoms with E-state index in [-0.39, 0.29) is 30.2 Å². The zero-order chi connectivity index (χ0) is 25.2. The summed E-state index contributed by atoms with van der Waals surface area (Å²) in [6, 6.07) is 17.4. The van der Waals surface area contributed by atoms with Gasteiger partial charge in [0.05, 0.1) is 23.6 Å². The lowest BCUT2D eigenvalue weighted by molar-refractivity contribution is -0.116. The molecule has 0 atom stereocenters. The van der Waals surface area contributed by atoms with Crippen LogP contribution in [0.4, 0.5) is 5.69 Å². The van der Waals surface area contributed by atoms with Crippen LogP contribution in [0.3, 0.4) is 0 Å². The number of hydrogen-bond acceptors (Lipinski definition) is 6. The van der Waals surface area contributed by atoms with Crippen molar-refractivity contribution in [2.24, 2.45) is 0 Å². The number of carbonyl (C=O) groups excluding carboxylic acids is 2. The minimum Gasteiger partial charge on any atom is -0.497 e. The fourth-order valence-corrected chi connectivity index (χ4v) is 4.18. The van der Waals surface area contributed by atoms with Crippen LogP contribution >= 0.6 is 0 Å². The molecule has 4 aromatic rings. The van der Waals surface area contributed by atoms with Gasteiger partial charge in [-0.3, -0.25) is 14.4 Å². The maximum Gasteiger partial charge on any atom is 0.244 e. The van der Waals surface area contributed by atoms with Gasteiger partial charge in [0.2, 0.25) is 18.1 Å². The number of anilines is 1. The number of benzene rings is 3. The maximum absolute atomic E-state index is 13.4. The standard InChI is InChI=1S/C28H24N2O6/c1-3-17-7-9-18(10-8-17)27(32)22-14-30(15-26(31)29-19-5-4-6-20(11-19)34-2)23-13-25-24(35-16-36-25)12-21(23)28(22)33/h4-14H,3,15-16H2,1-2H3,(H,29,31). The van der Waals surface area contributed by atoms with Gasteiger partial charge in [-0.05, 0) is 30.2 Å². The summed E-state index contributed by atoms with van der Waals surface area (Å²) in [6.45, 7) is 1.92. The van der Waals surface area contributed by atoms with E-state index in [0.29, 0.717) is 34.0 Å². The molecule has 0 aliphatic carbocycles. The molecular formula is C28H24N2O6. The number of pyridine rings is 1. The van der Waals surface area contributed by atoms with Crippen LogP contribution in [0.2, 0.25) is 0 Å². The van der Waals surface area contributed by atoms with Crippen LogP contribution in [0.5, 0.6) is 17.2 Å². The number of hydrogen-bond donors (Lipinski definition) is 1. The lowest BCUT2D eigenvalue weighted by atomic mass is 10.0. The van der Waals surface area contributed by atoms with Crippen molar-refractivity contribution in [2.45, 2.75) is 19.9 Å². The molecule has 0 fully saturated rings. The van der Waals surface area contributed by atoms with E-state index in [4.69, 9.17) is 14.2 Å². The Kier molecular flexibility index (Phi) is 6.16. The van der Waals surface area contributed by atoms with Gasteiger partial charge in [0.15, 0.2) is 17.3 Å². The van der Waals surface area contributed by atoms with Crippen LogP contribution in [0, 0.1) is 0 Å². The number of methoxy groups -OCH3 is 1. The Labute approximate surface area is 207 Å². The highest BCUT2D eigenvalue weighted by Gasteiger charge is 2.22. The van der Waals surface area contributed by atoms with Crippen LogP contribution in [-0.4, -0.2) is 30.2 Å². The molecule has 0 saturated carbocycles. The largest absolute Gasteiger partial charge is 0.497 e. The first-order chi connectivity index (χ1) is 17.5. The molecule has 1 aliphatic heterocycles. The van der Waals surface area contributed by atoms with Crippen LogP contribution < -0.4 is 25.0 Å². The molecule has 0 bridgehead atoms. The lowest BCUT2D eigenvalue weighted by Gasteiger charge is -2.14. The highest BCUT2D eigenvalue weighted by molar-refractivity contribution is 6.10. The van der Waals surface area contributed by atoms with Gasteiger partial charge in [-0.15, -0.1) is 0 Å². The number of fused-ring (bicyclic) bond motifs is 2. The van der Waals surface area contributed by atoms with E-state index < -0.39 is 11.2 Å². The summed E-state index contributed by atoms with van der Waals surface area (Å²) in [6.07, 6.45) is 2.28. The molecule has 0 radical (unpaired) electrons. The molecule has 1 amide bonds. The molecule has 182 valence electrons. The number of ketones is 1. The second kappa shape index (κ2) is 9.58. The third-order valence-corrected chi connectivity index (χ3v) is 6.11. The van der Waals surface area contributed by atoms with Gasteiger partial charge in [0.25, 0.3) is 0 Å². The van der Waals surface area contributed by atoms with Crippen molar-refractivity contribution in [2.75, 3.05) is 19.2 Å². The Morgan fingerprint density at radius 2 is 1.78 bits per heavy atom. The minimum absolute atomic E-state index is 0.0280. The van der Waals surface area contributed by atoms with E-state index in [2.05, 4.69) is 5.32 Å². The van der Waals surface area contributed by atoms with Crippen molar-refractivity contribution >= 4 is 28.3 Å². The summed E-state index contributed by atoms with van der Waals surface area (Å²) < 4.78 is 17.7. The van der Waals surface area contributed by atoms with Crippen molar-refractivity contribution in [3.8, 4) is 17.2 Å². The smallest absolute Gasteiger partial charge is 0.244 e. The van der Waals surface area contributed by atoms with Crippen molar-refractivity contribution < 1.29 is 23.8 Å². The summed E-state index contributed by atoms with van der Waals surface area (Å²) in [5.74, 6) is 0.749. The van der Waals surface area contributed by atoms with Crippen molar-refractivity contribution in [3.05, 3.63) is 93.8 Å². The zero-order valence-corrected chi connectivity index (χ0v) is 19.9. The van der Waals surface area contributed by atoms with E-state index in [1.807, 2.05) is 19.1 Å². The number of rotatable bonds is 7. The van der Waals surface area contributed by atoms with Gasteiger partial charge in [-0.2, -0.15) is 0 Å². The molecule has 0 unspecified atom stereocenters. The van der Waals surface area contributed by atoms with Crippen molar-refractivity contribution in [3.63, 3.8) is 0 Å². The lowest BCUT2D eigenvalue weighted by Crippen LogP contribution is -2.24. The molecule has 1 aromatic heterocycles. The number of aryl methyl sites for hydroxylation is 1. The minimum atomic E-state index is -0.433. The number of amides is 1. The highest BCUT2D eigenvalue weighted by atomic mass is 16.7. The van der Waals surface area contributed by atoms with E-state index in [1.165, 1.54) is 6.20 Å². The molecule has 8 nitrogen and oxygen atoms in total. The predicted molar refractivity (Wildman–Crippen MR) is 135 cm³/mol. The van der Waals surface area contributed by atoms with Gasteiger partial charge in [0, 0.05) is 29.6 Å². The summed E-state index contributed by atoms with van der Waals surface area (Å²) >= 11 is 0. The summed E-state index contributed by atoms with van der Waals surface area (Å²) in [7, 11) is 1.55. The van der Waals surface area contributed by atoms with E-state index >= 15 is 0 Å². The third kappa shape index (κ3) is 4.40. The monoisotopic (exact) mass is 484 g/mol. The summed E-state index contributed by atoms with van der Waals surface area (Å²) in [5.41, 5.74) is 2.05. The highest BCUT2D eigenvalue weighted by Crippen LogP contribution is 2.35. The summed E-state index contributed by atoms with van der Waals surface area (Å²) in [4.78, 5) is 39.8. The Balaban J connectivity index is 1.56. The first kappa shape index (κ1) is 23.2. The third-order valence-electron chi connectivity index (χ3n) is 6.11. The SMILES string of the molecule is CCc1ccc(C(=O)c2cn(CC(=O)Nc3cccc(OC)c3)c3cc4c(cc3c2=O)OCO4)cc1. The number of nitrogens with one attached hydrogen (secondary N) is 1. The van der Waals surface area contributed by atoms with E-state index in [0.717, 1.165) is 12.0 Å². The Bertz CT molecular complexity index is 1540. The summed E-state index contributed by atoms with van der Waals surface area (Å²) in [5, 5.41) is 3.10. The topological polar surface area (TPSA) is 95.9 Å². The Morgan fingerprint density at radius 3 is 2.50 bits per heavy atom. The van der Waals surface area contributed by atoms with Crippen LogP contribution in [0.15, 0.2) is 71.7 Å². The molecule has 1 N–H and O–H groups in total.